The van der Waals surface area contributed by atoms with Gasteiger partial charge in [-0.1, -0.05) is 91.0 Å². The van der Waals surface area contributed by atoms with Crippen LogP contribution < -0.4 is 4.74 Å². The number of hydrogen-bond acceptors (Lipinski definition) is 3. The highest BCUT2D eigenvalue weighted by molar-refractivity contribution is 6.00. The van der Waals surface area contributed by atoms with Gasteiger partial charge in [0, 0.05) is 12.1 Å². The van der Waals surface area contributed by atoms with E-state index >= 15 is 0 Å². The largest absolute Gasteiger partial charge is 0.497 e. The van der Waals surface area contributed by atoms with Gasteiger partial charge < -0.3 is 9.64 Å². The normalized spacial score (nSPS) is 17.8. The third kappa shape index (κ3) is 4.02. The molecule has 0 amide bonds. The van der Waals surface area contributed by atoms with E-state index in [4.69, 9.17) is 9.73 Å². The third-order valence-corrected chi connectivity index (χ3v) is 5.99. The smallest absolute Gasteiger partial charge is 0.132 e. The van der Waals surface area contributed by atoms with Crippen molar-refractivity contribution in [2.75, 3.05) is 7.11 Å². The van der Waals surface area contributed by atoms with E-state index in [1.54, 1.807) is 7.11 Å². The molecule has 1 aliphatic rings. The van der Waals surface area contributed by atoms with Crippen molar-refractivity contribution in [1.29, 1.82) is 0 Å². The van der Waals surface area contributed by atoms with E-state index in [9.17, 15) is 0 Å². The van der Waals surface area contributed by atoms with E-state index in [-0.39, 0.29) is 12.1 Å². The third-order valence-electron chi connectivity index (χ3n) is 5.99. The Balaban J connectivity index is 1.64. The molecule has 0 saturated carbocycles. The SMILES string of the molecule is COc1ccc(C2=N[C@@H](c3ccccc3)[C@H](c3ccccc3)N2Cc2ccccc2)cc1. The van der Waals surface area contributed by atoms with E-state index in [1.165, 1.54) is 16.7 Å². The van der Waals surface area contributed by atoms with Crippen LogP contribution in [0.5, 0.6) is 5.75 Å². The molecular weight excluding hydrogens is 392 g/mol. The number of methoxy groups -OCH3 is 1. The van der Waals surface area contributed by atoms with Gasteiger partial charge in [0.1, 0.15) is 17.6 Å². The van der Waals surface area contributed by atoms with Crippen molar-refractivity contribution in [2.24, 2.45) is 4.99 Å². The Morgan fingerprint density at radius 1 is 0.688 bits per heavy atom. The van der Waals surface area contributed by atoms with Crippen LogP contribution >= 0.6 is 0 Å². The van der Waals surface area contributed by atoms with Crippen LogP contribution in [0.15, 0.2) is 120 Å². The molecule has 0 fully saturated rings. The Labute approximate surface area is 189 Å². The first-order chi connectivity index (χ1) is 15.8. The van der Waals surface area contributed by atoms with Gasteiger partial charge in [-0.25, -0.2) is 0 Å². The van der Waals surface area contributed by atoms with Crippen molar-refractivity contribution in [3.8, 4) is 5.75 Å². The van der Waals surface area contributed by atoms with E-state index in [1.807, 2.05) is 12.1 Å². The summed E-state index contributed by atoms with van der Waals surface area (Å²) >= 11 is 0. The van der Waals surface area contributed by atoms with Gasteiger partial charge in [-0.15, -0.1) is 0 Å². The zero-order valence-electron chi connectivity index (χ0n) is 18.1. The number of rotatable bonds is 6. The molecule has 5 rings (SSSR count). The molecule has 0 aromatic heterocycles. The second-order valence-electron chi connectivity index (χ2n) is 8.01. The van der Waals surface area contributed by atoms with Crippen molar-refractivity contribution >= 4 is 5.84 Å². The van der Waals surface area contributed by atoms with Gasteiger partial charge in [-0.05, 0) is 41.0 Å². The number of aliphatic imine (C=N–C) groups is 1. The van der Waals surface area contributed by atoms with E-state index in [0.29, 0.717) is 0 Å². The number of hydrogen-bond donors (Lipinski definition) is 0. The van der Waals surface area contributed by atoms with E-state index in [0.717, 1.165) is 23.7 Å². The zero-order chi connectivity index (χ0) is 21.8. The van der Waals surface area contributed by atoms with Crippen LogP contribution in [0.1, 0.15) is 34.3 Å². The maximum atomic E-state index is 5.38. The Bertz CT molecular complexity index is 1170. The van der Waals surface area contributed by atoms with Crippen LogP contribution in [0.4, 0.5) is 0 Å². The Morgan fingerprint density at radius 2 is 1.25 bits per heavy atom. The maximum absolute atomic E-state index is 5.38. The van der Waals surface area contributed by atoms with Crippen molar-refractivity contribution in [3.63, 3.8) is 0 Å². The predicted octanol–water partition coefficient (Wildman–Crippen LogP) is 6.44. The number of amidine groups is 1. The molecule has 32 heavy (non-hydrogen) atoms. The van der Waals surface area contributed by atoms with Crippen LogP contribution in [0, 0.1) is 0 Å². The first kappa shape index (κ1) is 20.1. The Hall–Kier alpha value is -3.85. The van der Waals surface area contributed by atoms with Crippen molar-refractivity contribution in [3.05, 3.63) is 138 Å². The summed E-state index contributed by atoms with van der Waals surface area (Å²) in [5, 5.41) is 0. The summed E-state index contributed by atoms with van der Waals surface area (Å²) in [6, 6.07) is 40.3. The molecule has 3 heteroatoms. The van der Waals surface area contributed by atoms with Crippen LogP contribution in [-0.2, 0) is 6.54 Å². The summed E-state index contributed by atoms with van der Waals surface area (Å²) in [5.41, 5.74) is 4.86. The van der Waals surface area contributed by atoms with E-state index < -0.39 is 0 Å². The quantitative estimate of drug-likeness (QED) is 0.360. The summed E-state index contributed by atoms with van der Waals surface area (Å²) in [4.78, 5) is 7.77. The first-order valence-electron chi connectivity index (χ1n) is 11.0. The number of nitrogens with zero attached hydrogens (tertiary/aromatic N) is 2. The van der Waals surface area contributed by atoms with Crippen molar-refractivity contribution in [2.45, 2.75) is 18.6 Å². The molecule has 1 aliphatic heterocycles. The first-order valence-corrected chi connectivity index (χ1v) is 11.0. The molecule has 0 radical (unpaired) electrons. The number of ether oxygens (including phenoxy) is 1. The Morgan fingerprint density at radius 3 is 1.84 bits per heavy atom. The second kappa shape index (κ2) is 9.11. The fourth-order valence-electron chi connectivity index (χ4n) is 4.43. The monoisotopic (exact) mass is 418 g/mol. The lowest BCUT2D eigenvalue weighted by atomic mass is 9.93. The lowest BCUT2D eigenvalue weighted by Gasteiger charge is -2.31. The molecule has 3 nitrogen and oxygen atoms in total. The van der Waals surface area contributed by atoms with Gasteiger partial charge in [-0.2, -0.15) is 0 Å². The molecule has 2 atom stereocenters. The minimum Gasteiger partial charge on any atom is -0.497 e. The number of benzene rings is 4. The topological polar surface area (TPSA) is 24.8 Å². The van der Waals surface area contributed by atoms with E-state index in [2.05, 4.69) is 108 Å². The highest BCUT2D eigenvalue weighted by atomic mass is 16.5. The van der Waals surface area contributed by atoms with Gasteiger partial charge in [0.05, 0.1) is 13.2 Å². The summed E-state index contributed by atoms with van der Waals surface area (Å²) in [5.74, 6) is 1.86. The minimum absolute atomic E-state index is 0.0133. The average Bonchev–Trinajstić information content (AvgIpc) is 3.25. The van der Waals surface area contributed by atoms with Gasteiger partial charge in [0.15, 0.2) is 0 Å². The van der Waals surface area contributed by atoms with Gasteiger partial charge in [0.2, 0.25) is 0 Å². The van der Waals surface area contributed by atoms with Crippen molar-refractivity contribution in [1.82, 2.24) is 4.90 Å². The second-order valence-corrected chi connectivity index (χ2v) is 8.01. The van der Waals surface area contributed by atoms with Crippen LogP contribution in [-0.4, -0.2) is 17.8 Å². The highest BCUT2D eigenvalue weighted by Crippen LogP contribution is 2.44. The zero-order valence-corrected chi connectivity index (χ0v) is 18.1. The van der Waals surface area contributed by atoms with Crippen molar-refractivity contribution < 1.29 is 4.74 Å². The maximum Gasteiger partial charge on any atom is 0.132 e. The molecule has 4 aromatic carbocycles. The lowest BCUT2D eigenvalue weighted by Crippen LogP contribution is -2.31. The minimum atomic E-state index is 0.0133. The van der Waals surface area contributed by atoms with Crippen LogP contribution in [0.3, 0.4) is 0 Å². The lowest BCUT2D eigenvalue weighted by molar-refractivity contribution is 0.304. The standard InChI is InChI=1S/C29H26N2O/c1-32-26-19-17-25(18-20-26)29-30-27(23-13-7-3-8-14-23)28(24-15-9-4-10-16-24)31(29)21-22-11-5-2-6-12-22/h2-20,27-28H,21H2,1H3/t27-,28-/m0/s1. The molecule has 0 aliphatic carbocycles. The van der Waals surface area contributed by atoms with Crippen LogP contribution in [0.2, 0.25) is 0 Å². The molecule has 0 unspecified atom stereocenters. The summed E-state index contributed by atoms with van der Waals surface area (Å²) in [6.07, 6.45) is 0. The van der Waals surface area contributed by atoms with Gasteiger partial charge >= 0.3 is 0 Å². The molecule has 0 saturated heterocycles. The fraction of sp³-hybridized carbons (Fsp3) is 0.138. The molecule has 0 N–H and O–H groups in total. The molecule has 0 spiro atoms. The highest BCUT2D eigenvalue weighted by Gasteiger charge is 2.38. The van der Waals surface area contributed by atoms with Crippen LogP contribution in [0.25, 0.3) is 0 Å². The predicted molar refractivity (Wildman–Crippen MR) is 130 cm³/mol. The molecule has 1 heterocycles. The fourth-order valence-corrected chi connectivity index (χ4v) is 4.43. The Kier molecular flexibility index (Phi) is 5.71. The molecule has 158 valence electrons. The summed E-state index contributed by atoms with van der Waals surface area (Å²) in [6.45, 7) is 0.786. The summed E-state index contributed by atoms with van der Waals surface area (Å²) in [7, 11) is 1.70. The molecular formula is C29H26N2O. The molecule has 0 bridgehead atoms. The molecule has 4 aromatic rings. The van der Waals surface area contributed by atoms with Gasteiger partial charge in [-0.3, -0.25) is 4.99 Å². The van der Waals surface area contributed by atoms with Gasteiger partial charge in [0.25, 0.3) is 0 Å². The average molecular weight is 419 g/mol. The summed E-state index contributed by atoms with van der Waals surface area (Å²) < 4.78 is 5.38.